The SMILES string of the molecule is O=C1CCc2cc(OCCOC(=O)CC3CC4CCC3C4)ccc2N1. The number of aryl methyl sites for hydroxylation is 1. The molecule has 2 saturated carbocycles. The maximum atomic E-state index is 12.0. The van der Waals surface area contributed by atoms with E-state index in [2.05, 4.69) is 5.32 Å². The Kier molecular flexibility index (Phi) is 4.64. The summed E-state index contributed by atoms with van der Waals surface area (Å²) in [5.74, 6) is 2.88. The van der Waals surface area contributed by atoms with Gasteiger partial charge in [0.2, 0.25) is 5.91 Å². The monoisotopic (exact) mass is 343 g/mol. The van der Waals surface area contributed by atoms with E-state index in [1.807, 2.05) is 18.2 Å². The first-order valence-corrected chi connectivity index (χ1v) is 9.38. The van der Waals surface area contributed by atoms with Crippen molar-refractivity contribution in [3.05, 3.63) is 23.8 Å². The van der Waals surface area contributed by atoms with Crippen LogP contribution in [-0.2, 0) is 20.7 Å². The minimum Gasteiger partial charge on any atom is -0.490 e. The fourth-order valence-electron chi connectivity index (χ4n) is 4.66. The highest BCUT2D eigenvalue weighted by Gasteiger charge is 2.40. The largest absolute Gasteiger partial charge is 0.490 e. The van der Waals surface area contributed by atoms with Gasteiger partial charge in [0, 0.05) is 18.5 Å². The molecule has 1 aliphatic heterocycles. The van der Waals surface area contributed by atoms with Crippen LogP contribution in [-0.4, -0.2) is 25.1 Å². The fourth-order valence-corrected chi connectivity index (χ4v) is 4.66. The molecule has 1 aromatic carbocycles. The summed E-state index contributed by atoms with van der Waals surface area (Å²) in [5, 5.41) is 2.85. The van der Waals surface area contributed by atoms with Gasteiger partial charge in [0.05, 0.1) is 0 Å². The molecular weight excluding hydrogens is 318 g/mol. The Morgan fingerprint density at radius 2 is 2.08 bits per heavy atom. The van der Waals surface area contributed by atoms with Crippen LogP contribution in [0.3, 0.4) is 0 Å². The number of hydrogen-bond donors (Lipinski definition) is 1. The topological polar surface area (TPSA) is 64.6 Å². The summed E-state index contributed by atoms with van der Waals surface area (Å²) in [5.41, 5.74) is 1.95. The Morgan fingerprint density at radius 1 is 1.16 bits per heavy atom. The van der Waals surface area contributed by atoms with Gasteiger partial charge in [-0.2, -0.15) is 0 Å². The number of rotatable bonds is 6. The molecule has 1 amide bonds. The normalized spacial score (nSPS) is 26.9. The fraction of sp³-hybridized carbons (Fsp3) is 0.600. The number of amides is 1. The van der Waals surface area contributed by atoms with Crippen molar-refractivity contribution < 1.29 is 19.1 Å². The van der Waals surface area contributed by atoms with Gasteiger partial charge in [0.25, 0.3) is 0 Å². The summed E-state index contributed by atoms with van der Waals surface area (Å²) in [6.45, 7) is 0.640. The van der Waals surface area contributed by atoms with Gasteiger partial charge in [0.1, 0.15) is 19.0 Å². The predicted molar refractivity (Wildman–Crippen MR) is 93.4 cm³/mol. The van der Waals surface area contributed by atoms with Gasteiger partial charge in [-0.15, -0.1) is 0 Å². The quantitative estimate of drug-likeness (QED) is 0.636. The number of nitrogens with one attached hydrogen (secondary N) is 1. The molecule has 3 unspecified atom stereocenters. The number of ether oxygens (including phenoxy) is 2. The molecule has 2 bridgehead atoms. The van der Waals surface area contributed by atoms with E-state index in [-0.39, 0.29) is 18.5 Å². The molecule has 3 aliphatic rings. The van der Waals surface area contributed by atoms with Crippen LogP contribution in [0.1, 0.15) is 44.1 Å². The minimum absolute atomic E-state index is 0.0589. The average Bonchev–Trinajstić information content (AvgIpc) is 3.21. The second-order valence-corrected chi connectivity index (χ2v) is 7.58. The van der Waals surface area contributed by atoms with Gasteiger partial charge in [-0.3, -0.25) is 9.59 Å². The Morgan fingerprint density at radius 3 is 2.88 bits per heavy atom. The number of fused-ring (bicyclic) bond motifs is 3. The minimum atomic E-state index is -0.0886. The van der Waals surface area contributed by atoms with Crippen molar-refractivity contribution in [3.63, 3.8) is 0 Å². The zero-order valence-corrected chi connectivity index (χ0v) is 14.5. The van der Waals surface area contributed by atoms with E-state index in [4.69, 9.17) is 9.47 Å². The lowest BCUT2D eigenvalue weighted by molar-refractivity contribution is -0.145. The van der Waals surface area contributed by atoms with Gasteiger partial charge in [-0.05, 0) is 67.2 Å². The van der Waals surface area contributed by atoms with Gasteiger partial charge in [-0.1, -0.05) is 6.42 Å². The van der Waals surface area contributed by atoms with E-state index in [0.717, 1.165) is 35.3 Å². The Hall–Kier alpha value is -2.04. The molecular formula is C20H25NO4. The first kappa shape index (κ1) is 16.4. The summed E-state index contributed by atoms with van der Waals surface area (Å²) in [6.07, 6.45) is 6.99. The molecule has 25 heavy (non-hydrogen) atoms. The highest BCUT2D eigenvalue weighted by Crippen LogP contribution is 2.49. The van der Waals surface area contributed by atoms with Crippen molar-refractivity contribution in [2.45, 2.75) is 44.9 Å². The molecule has 0 aromatic heterocycles. The molecule has 1 N–H and O–H groups in total. The molecule has 134 valence electrons. The van der Waals surface area contributed by atoms with Crippen molar-refractivity contribution >= 4 is 17.6 Å². The Labute approximate surface area is 148 Å². The van der Waals surface area contributed by atoms with E-state index < -0.39 is 0 Å². The summed E-state index contributed by atoms with van der Waals surface area (Å²) >= 11 is 0. The Bertz CT molecular complexity index is 672. The number of esters is 1. The smallest absolute Gasteiger partial charge is 0.306 e. The van der Waals surface area contributed by atoms with Crippen molar-refractivity contribution in [3.8, 4) is 5.75 Å². The van der Waals surface area contributed by atoms with Crippen molar-refractivity contribution in [1.82, 2.24) is 0 Å². The number of benzene rings is 1. The van der Waals surface area contributed by atoms with E-state index in [0.29, 0.717) is 25.4 Å². The van der Waals surface area contributed by atoms with Crippen molar-refractivity contribution in [2.24, 2.45) is 17.8 Å². The molecule has 2 fully saturated rings. The third-order valence-corrected chi connectivity index (χ3v) is 5.90. The van der Waals surface area contributed by atoms with Crippen LogP contribution in [0.2, 0.25) is 0 Å². The molecule has 1 heterocycles. The molecule has 4 rings (SSSR count). The average molecular weight is 343 g/mol. The zero-order chi connectivity index (χ0) is 17.2. The van der Waals surface area contributed by atoms with Crippen molar-refractivity contribution in [1.29, 1.82) is 0 Å². The molecule has 3 atom stereocenters. The summed E-state index contributed by atoms with van der Waals surface area (Å²) < 4.78 is 11.0. The van der Waals surface area contributed by atoms with E-state index in [9.17, 15) is 9.59 Å². The molecule has 0 radical (unpaired) electrons. The van der Waals surface area contributed by atoms with Crippen molar-refractivity contribution in [2.75, 3.05) is 18.5 Å². The number of anilines is 1. The molecule has 0 spiro atoms. The zero-order valence-electron chi connectivity index (χ0n) is 14.5. The highest BCUT2D eigenvalue weighted by atomic mass is 16.6. The molecule has 2 aliphatic carbocycles. The maximum absolute atomic E-state index is 12.0. The van der Waals surface area contributed by atoms with Crippen LogP contribution in [0, 0.1) is 17.8 Å². The third-order valence-electron chi connectivity index (χ3n) is 5.90. The third kappa shape index (κ3) is 3.80. The lowest BCUT2D eigenvalue weighted by atomic mass is 9.86. The molecule has 0 saturated heterocycles. The standard InChI is InChI=1S/C20H25NO4/c22-19-6-3-15-11-17(4-5-18(15)21-19)24-7-8-25-20(23)12-16-10-13-1-2-14(16)9-13/h4-5,11,13-14,16H,1-3,6-10,12H2,(H,21,22). The highest BCUT2D eigenvalue weighted by molar-refractivity contribution is 5.93. The van der Waals surface area contributed by atoms with Crippen LogP contribution in [0.15, 0.2) is 18.2 Å². The molecule has 1 aromatic rings. The number of carbonyl (C=O) groups is 2. The summed E-state index contributed by atoms with van der Waals surface area (Å²) in [4.78, 5) is 23.4. The lowest BCUT2D eigenvalue weighted by Crippen LogP contribution is -2.19. The van der Waals surface area contributed by atoms with Gasteiger partial charge >= 0.3 is 5.97 Å². The van der Waals surface area contributed by atoms with Gasteiger partial charge in [-0.25, -0.2) is 0 Å². The first-order valence-electron chi connectivity index (χ1n) is 9.38. The molecule has 5 heteroatoms. The second kappa shape index (κ2) is 7.06. The predicted octanol–water partition coefficient (Wildman–Crippen LogP) is 3.32. The number of carbonyl (C=O) groups excluding carboxylic acids is 2. The Balaban J connectivity index is 1.18. The molecule has 5 nitrogen and oxygen atoms in total. The van der Waals surface area contributed by atoms with Gasteiger partial charge < -0.3 is 14.8 Å². The maximum Gasteiger partial charge on any atom is 0.306 e. The van der Waals surface area contributed by atoms with Gasteiger partial charge in [0.15, 0.2) is 0 Å². The van der Waals surface area contributed by atoms with Crippen LogP contribution in [0.5, 0.6) is 5.75 Å². The first-order chi connectivity index (χ1) is 12.2. The summed E-state index contributed by atoms with van der Waals surface area (Å²) in [6, 6.07) is 5.65. The van der Waals surface area contributed by atoms with E-state index in [1.165, 1.54) is 25.7 Å². The van der Waals surface area contributed by atoms with Crippen LogP contribution < -0.4 is 10.1 Å². The van der Waals surface area contributed by atoms with E-state index in [1.54, 1.807) is 0 Å². The van der Waals surface area contributed by atoms with E-state index >= 15 is 0 Å². The summed E-state index contributed by atoms with van der Waals surface area (Å²) in [7, 11) is 0. The van der Waals surface area contributed by atoms with Crippen LogP contribution in [0.4, 0.5) is 5.69 Å². The van der Waals surface area contributed by atoms with Crippen LogP contribution in [0.25, 0.3) is 0 Å². The lowest BCUT2D eigenvalue weighted by Gasteiger charge is -2.20. The number of hydrogen-bond acceptors (Lipinski definition) is 4. The van der Waals surface area contributed by atoms with Crippen LogP contribution >= 0.6 is 0 Å². The second-order valence-electron chi connectivity index (χ2n) is 7.58.